The van der Waals surface area contributed by atoms with Crippen LogP contribution in [0.15, 0.2) is 53.6 Å². The van der Waals surface area contributed by atoms with Gasteiger partial charge in [0.05, 0.1) is 5.52 Å². The van der Waals surface area contributed by atoms with Gasteiger partial charge in [0.1, 0.15) is 0 Å². The van der Waals surface area contributed by atoms with Crippen LogP contribution in [0.25, 0.3) is 5.52 Å². The second-order valence-corrected chi connectivity index (χ2v) is 9.08. The Morgan fingerprint density at radius 1 is 1.15 bits per heavy atom. The summed E-state index contributed by atoms with van der Waals surface area (Å²) in [7, 11) is 0. The zero-order chi connectivity index (χ0) is 24.7. The molecular weight excluding hydrogens is 452 g/mol. The molecular formula is C25H31N4O4S-. The molecule has 0 aliphatic carbocycles. The number of benzene rings is 1. The zero-order valence-electron chi connectivity index (χ0n) is 19.8. The fourth-order valence-corrected chi connectivity index (χ4v) is 4.45. The SMILES string of the molecule is CC(=O)c1ccc(S(=O)[O-])cc1.CCN(CC)C(=O)c1cc2c(C3CCNCC3)cccn2n1. The van der Waals surface area contributed by atoms with Gasteiger partial charge in [0.25, 0.3) is 5.91 Å². The highest BCUT2D eigenvalue weighted by Crippen LogP contribution is 2.29. The minimum absolute atomic E-state index is 0.0185. The van der Waals surface area contributed by atoms with Crippen molar-refractivity contribution >= 4 is 28.3 Å². The van der Waals surface area contributed by atoms with Crippen molar-refractivity contribution < 1.29 is 18.4 Å². The molecule has 0 saturated carbocycles. The summed E-state index contributed by atoms with van der Waals surface area (Å²) < 4.78 is 22.6. The van der Waals surface area contributed by atoms with Crippen molar-refractivity contribution in [2.75, 3.05) is 26.2 Å². The smallest absolute Gasteiger partial charge is 0.274 e. The van der Waals surface area contributed by atoms with Crippen LogP contribution in [0.2, 0.25) is 0 Å². The van der Waals surface area contributed by atoms with E-state index in [1.54, 1.807) is 0 Å². The zero-order valence-corrected chi connectivity index (χ0v) is 20.6. The molecule has 3 heterocycles. The van der Waals surface area contributed by atoms with E-state index in [0.717, 1.165) is 31.4 Å². The normalized spacial score (nSPS) is 14.8. The van der Waals surface area contributed by atoms with Crippen molar-refractivity contribution in [2.24, 2.45) is 0 Å². The number of rotatable bonds is 6. The lowest BCUT2D eigenvalue weighted by Gasteiger charge is -2.23. The lowest BCUT2D eigenvalue weighted by molar-refractivity contribution is 0.0766. The predicted octanol–water partition coefficient (Wildman–Crippen LogP) is 3.41. The van der Waals surface area contributed by atoms with Crippen molar-refractivity contribution in [2.45, 2.75) is 44.4 Å². The Hall–Kier alpha value is -2.88. The topological polar surface area (TPSA) is 107 Å². The number of fused-ring (bicyclic) bond motifs is 1. The first-order valence-corrected chi connectivity index (χ1v) is 12.6. The molecule has 1 aromatic carbocycles. The maximum atomic E-state index is 12.5. The molecule has 0 spiro atoms. The first kappa shape index (κ1) is 25.7. The third kappa shape index (κ3) is 6.16. The van der Waals surface area contributed by atoms with Crippen LogP contribution in [-0.4, -0.2) is 61.1 Å². The number of hydrogen-bond donors (Lipinski definition) is 1. The van der Waals surface area contributed by atoms with Crippen LogP contribution in [0, 0.1) is 0 Å². The summed E-state index contributed by atoms with van der Waals surface area (Å²) in [5, 5.41) is 7.90. The van der Waals surface area contributed by atoms with Gasteiger partial charge in [-0.25, -0.2) is 4.52 Å². The molecule has 182 valence electrons. The van der Waals surface area contributed by atoms with E-state index in [1.807, 2.05) is 41.6 Å². The molecule has 1 fully saturated rings. The summed E-state index contributed by atoms with van der Waals surface area (Å²) >= 11 is -2.21. The van der Waals surface area contributed by atoms with Gasteiger partial charge in [-0.3, -0.25) is 13.8 Å². The van der Waals surface area contributed by atoms with E-state index in [-0.39, 0.29) is 16.6 Å². The minimum Gasteiger partial charge on any atom is -0.768 e. The Labute approximate surface area is 202 Å². The number of ketones is 1. The molecule has 1 saturated heterocycles. The molecule has 1 N–H and O–H groups in total. The summed E-state index contributed by atoms with van der Waals surface area (Å²) in [6.07, 6.45) is 4.22. The first-order chi connectivity index (χ1) is 16.3. The molecule has 0 radical (unpaired) electrons. The summed E-state index contributed by atoms with van der Waals surface area (Å²) in [4.78, 5) is 25.3. The van der Waals surface area contributed by atoms with E-state index >= 15 is 0 Å². The molecule has 1 atom stereocenters. The molecule has 1 amide bonds. The van der Waals surface area contributed by atoms with Gasteiger partial charge in [0.15, 0.2) is 11.5 Å². The lowest BCUT2D eigenvalue weighted by atomic mass is 9.90. The van der Waals surface area contributed by atoms with Gasteiger partial charge in [-0.2, -0.15) is 5.10 Å². The predicted molar refractivity (Wildman–Crippen MR) is 131 cm³/mol. The number of carbonyl (C=O) groups is 2. The van der Waals surface area contributed by atoms with Gasteiger partial charge in [0, 0.05) is 29.7 Å². The average molecular weight is 484 g/mol. The standard InChI is InChI=1S/C17H24N4O.C8H8O3S/c1-3-20(4-2)17(22)15-12-16-14(6-5-11-21(16)19-15)13-7-9-18-10-8-13;1-6(9)7-2-4-8(5-3-7)12(10)11/h5-6,11-13,18H,3-4,7-10H2,1-2H3;2-5H,1H3,(H,10,11)/p-1. The quantitative estimate of drug-likeness (QED) is 0.425. The number of nitrogens with one attached hydrogen (secondary N) is 1. The van der Waals surface area contributed by atoms with Crippen LogP contribution < -0.4 is 5.32 Å². The van der Waals surface area contributed by atoms with Crippen molar-refractivity contribution in [3.05, 3.63) is 65.5 Å². The fourth-order valence-electron chi connectivity index (χ4n) is 4.09. The Kier molecular flexibility index (Phi) is 9.09. The van der Waals surface area contributed by atoms with Gasteiger partial charge >= 0.3 is 0 Å². The molecule has 1 aliphatic rings. The van der Waals surface area contributed by atoms with Crippen LogP contribution in [0.4, 0.5) is 0 Å². The number of piperidine rings is 1. The molecule has 8 nitrogen and oxygen atoms in total. The van der Waals surface area contributed by atoms with Gasteiger partial charge < -0.3 is 14.8 Å². The average Bonchev–Trinajstić information content (AvgIpc) is 3.30. The molecule has 2 aromatic heterocycles. The number of hydrogen-bond acceptors (Lipinski definition) is 6. The van der Waals surface area contributed by atoms with E-state index in [0.29, 0.717) is 30.3 Å². The molecule has 3 aromatic rings. The second kappa shape index (κ2) is 12.0. The third-order valence-corrected chi connectivity index (χ3v) is 6.69. The number of aromatic nitrogens is 2. The monoisotopic (exact) mass is 483 g/mol. The van der Waals surface area contributed by atoms with Crippen LogP contribution >= 0.6 is 0 Å². The maximum Gasteiger partial charge on any atom is 0.274 e. The van der Waals surface area contributed by atoms with Gasteiger partial charge in [-0.05, 0) is 93.5 Å². The van der Waals surface area contributed by atoms with E-state index < -0.39 is 11.1 Å². The Balaban J connectivity index is 0.000000229. The fraction of sp³-hybridized carbons (Fsp3) is 0.400. The first-order valence-electron chi connectivity index (χ1n) is 11.5. The molecule has 1 aliphatic heterocycles. The van der Waals surface area contributed by atoms with Crippen LogP contribution in [0.3, 0.4) is 0 Å². The lowest BCUT2D eigenvalue weighted by Crippen LogP contribution is -2.30. The van der Waals surface area contributed by atoms with Crippen molar-refractivity contribution in [3.8, 4) is 0 Å². The van der Waals surface area contributed by atoms with Crippen molar-refractivity contribution in [1.82, 2.24) is 19.8 Å². The van der Waals surface area contributed by atoms with E-state index in [4.69, 9.17) is 0 Å². The van der Waals surface area contributed by atoms with E-state index in [2.05, 4.69) is 16.5 Å². The summed E-state index contributed by atoms with van der Waals surface area (Å²) in [5.74, 6) is 0.501. The second-order valence-electron chi connectivity index (χ2n) is 8.14. The number of carbonyl (C=O) groups excluding carboxylic acids is 2. The molecule has 9 heteroatoms. The molecule has 34 heavy (non-hydrogen) atoms. The van der Waals surface area contributed by atoms with E-state index in [9.17, 15) is 18.4 Å². The van der Waals surface area contributed by atoms with E-state index in [1.165, 1.54) is 36.8 Å². The number of nitrogens with zero attached hydrogens (tertiary/aromatic N) is 3. The molecule has 0 bridgehead atoms. The summed E-state index contributed by atoms with van der Waals surface area (Å²) in [5.41, 5.74) is 3.45. The van der Waals surface area contributed by atoms with Crippen molar-refractivity contribution in [3.63, 3.8) is 0 Å². The molecule has 1 unspecified atom stereocenters. The summed E-state index contributed by atoms with van der Waals surface area (Å²) in [6, 6.07) is 12.0. The van der Waals surface area contributed by atoms with Gasteiger partial charge in [-0.15, -0.1) is 0 Å². The maximum absolute atomic E-state index is 12.5. The highest BCUT2D eigenvalue weighted by atomic mass is 32.2. The third-order valence-electron chi connectivity index (χ3n) is 6.04. The Bertz CT molecular complexity index is 1120. The number of Topliss-reactive ketones (excluding diaryl/α,β-unsaturated/α-hetero) is 1. The Morgan fingerprint density at radius 3 is 2.35 bits per heavy atom. The summed E-state index contributed by atoms with van der Waals surface area (Å²) in [6.45, 7) is 8.98. The molecule has 4 rings (SSSR count). The minimum atomic E-state index is -2.21. The van der Waals surface area contributed by atoms with Gasteiger partial charge in [0.2, 0.25) is 0 Å². The Morgan fingerprint density at radius 2 is 1.79 bits per heavy atom. The highest BCUT2D eigenvalue weighted by Gasteiger charge is 2.21. The largest absolute Gasteiger partial charge is 0.768 e. The van der Waals surface area contributed by atoms with Crippen molar-refractivity contribution in [1.29, 1.82) is 0 Å². The van der Waals surface area contributed by atoms with Crippen LogP contribution in [-0.2, 0) is 11.1 Å². The van der Waals surface area contributed by atoms with Crippen LogP contribution in [0.5, 0.6) is 0 Å². The van der Waals surface area contributed by atoms with Gasteiger partial charge in [-0.1, -0.05) is 18.2 Å². The number of pyridine rings is 1. The van der Waals surface area contributed by atoms with Crippen LogP contribution in [0.1, 0.15) is 65.9 Å². The highest BCUT2D eigenvalue weighted by molar-refractivity contribution is 7.79. The number of amides is 1.